The highest BCUT2D eigenvalue weighted by atomic mass is 35.5. The van der Waals surface area contributed by atoms with E-state index in [1.165, 1.54) is 18.2 Å². The largest absolute Gasteiger partial charge is 0.496 e. The predicted octanol–water partition coefficient (Wildman–Crippen LogP) is 5.04. The molecular formula is C29H37ClFN5O4. The number of halogens is 2. The number of amides is 1. The van der Waals surface area contributed by atoms with E-state index < -0.39 is 23.3 Å². The number of allylic oxidation sites excluding steroid dienone is 2. The molecule has 40 heavy (non-hydrogen) atoms. The molecule has 1 aromatic heterocycles. The summed E-state index contributed by atoms with van der Waals surface area (Å²) in [6.07, 6.45) is 5.96. The van der Waals surface area contributed by atoms with Crippen LogP contribution in [0.15, 0.2) is 54.7 Å². The summed E-state index contributed by atoms with van der Waals surface area (Å²) in [4.78, 5) is 20.7. The van der Waals surface area contributed by atoms with Gasteiger partial charge in [-0.05, 0) is 65.0 Å². The summed E-state index contributed by atoms with van der Waals surface area (Å²) in [7, 11) is 1.59. The Kier molecular flexibility index (Phi) is 8.63. The van der Waals surface area contributed by atoms with Crippen LogP contribution in [-0.2, 0) is 9.47 Å². The first kappa shape index (κ1) is 29.6. The van der Waals surface area contributed by atoms with E-state index in [2.05, 4.69) is 10.3 Å². The van der Waals surface area contributed by atoms with Crippen molar-refractivity contribution in [2.24, 2.45) is 5.73 Å². The maximum atomic E-state index is 14.1. The van der Waals surface area contributed by atoms with Gasteiger partial charge in [0.15, 0.2) is 5.76 Å². The number of carbonyl (C=O) groups is 1. The minimum Gasteiger partial charge on any atom is -0.496 e. The molecular weight excluding hydrogens is 537 g/mol. The Bertz CT molecular complexity index is 1310. The van der Waals surface area contributed by atoms with E-state index in [9.17, 15) is 9.18 Å². The standard InChI is InChI=1S/C29H37ClFN5O4/c1-18-17-35(27(37)40-28(3,4)5)11-12-36(18)29(32)26(39-19(2)22-14-21(31)7-8-24(22)30)13-20(15-34-29)23-16-33-10-9-25(23)38-6/h7-10,13-16,18-19,34H,11-12,17,32H2,1-6H3/t18-,19?,29?/m0/s1. The molecule has 1 saturated heterocycles. The second-order valence-electron chi connectivity index (χ2n) is 11.0. The summed E-state index contributed by atoms with van der Waals surface area (Å²) >= 11 is 6.40. The Balaban J connectivity index is 1.66. The number of ether oxygens (including phenoxy) is 3. The number of carbonyl (C=O) groups excluding carboxylic acids is 1. The minimum absolute atomic E-state index is 0.165. The first-order chi connectivity index (χ1) is 18.8. The number of hydrogen-bond donors (Lipinski definition) is 2. The summed E-state index contributed by atoms with van der Waals surface area (Å²) in [5, 5.41) is 3.71. The molecule has 1 aromatic carbocycles. The van der Waals surface area contributed by atoms with Gasteiger partial charge in [-0.2, -0.15) is 0 Å². The molecule has 0 spiro atoms. The van der Waals surface area contributed by atoms with Crippen molar-refractivity contribution in [2.45, 2.75) is 58.2 Å². The van der Waals surface area contributed by atoms with E-state index in [0.29, 0.717) is 41.7 Å². The number of piperazine rings is 1. The van der Waals surface area contributed by atoms with Crippen molar-refractivity contribution < 1.29 is 23.4 Å². The molecule has 9 nitrogen and oxygen atoms in total. The van der Waals surface area contributed by atoms with E-state index in [0.717, 1.165) is 11.1 Å². The van der Waals surface area contributed by atoms with Gasteiger partial charge >= 0.3 is 6.09 Å². The van der Waals surface area contributed by atoms with Crippen LogP contribution in [-0.4, -0.2) is 65.1 Å². The number of nitrogens with zero attached hydrogens (tertiary/aromatic N) is 3. The van der Waals surface area contributed by atoms with Crippen LogP contribution < -0.4 is 15.8 Å². The van der Waals surface area contributed by atoms with Crippen molar-refractivity contribution in [1.82, 2.24) is 20.1 Å². The van der Waals surface area contributed by atoms with Crippen LogP contribution in [0.2, 0.25) is 5.02 Å². The van der Waals surface area contributed by atoms with E-state index in [4.69, 9.17) is 31.5 Å². The summed E-state index contributed by atoms with van der Waals surface area (Å²) in [6, 6.07) is 5.75. The number of methoxy groups -OCH3 is 1. The maximum absolute atomic E-state index is 14.1. The van der Waals surface area contributed by atoms with Gasteiger partial charge in [0, 0.05) is 66.0 Å². The van der Waals surface area contributed by atoms with Crippen LogP contribution in [0.5, 0.6) is 5.75 Å². The number of nitrogens with two attached hydrogens (primary N) is 1. The minimum atomic E-state index is -1.29. The SMILES string of the molecule is COc1ccncc1C1=CNC(N)(N2CCN(C(=O)OC(C)(C)C)C[C@@H]2C)C(OC(C)c2cc(F)ccc2Cl)=C1. The highest BCUT2D eigenvalue weighted by molar-refractivity contribution is 6.31. The normalized spacial score (nSPS) is 22.5. The average molecular weight is 574 g/mol. The van der Waals surface area contributed by atoms with Crippen LogP contribution in [0.3, 0.4) is 0 Å². The molecule has 0 saturated carbocycles. The quantitative estimate of drug-likeness (QED) is 0.495. The van der Waals surface area contributed by atoms with Crippen LogP contribution in [0.25, 0.3) is 5.57 Å². The summed E-state index contributed by atoms with van der Waals surface area (Å²) in [5.41, 5.74) is 8.45. The molecule has 0 bridgehead atoms. The molecule has 216 valence electrons. The third kappa shape index (κ3) is 6.35. The van der Waals surface area contributed by atoms with Gasteiger partial charge in [-0.15, -0.1) is 0 Å². The number of dihydropyridines is 1. The van der Waals surface area contributed by atoms with Crippen molar-refractivity contribution in [3.63, 3.8) is 0 Å². The lowest BCUT2D eigenvalue weighted by Crippen LogP contribution is -2.72. The van der Waals surface area contributed by atoms with Crippen molar-refractivity contribution in [3.05, 3.63) is 76.7 Å². The average Bonchev–Trinajstić information content (AvgIpc) is 2.90. The molecule has 3 N–H and O–H groups in total. The molecule has 2 aliphatic heterocycles. The Labute approximate surface area is 239 Å². The Morgan fingerprint density at radius 2 is 2.05 bits per heavy atom. The van der Waals surface area contributed by atoms with E-state index in [1.54, 1.807) is 43.6 Å². The Morgan fingerprint density at radius 3 is 2.73 bits per heavy atom. The van der Waals surface area contributed by atoms with Crippen molar-refractivity contribution in [1.29, 1.82) is 0 Å². The fraction of sp³-hybridized carbons (Fsp3) is 0.448. The second-order valence-corrected chi connectivity index (χ2v) is 11.4. The van der Waals surface area contributed by atoms with Crippen molar-refractivity contribution in [3.8, 4) is 5.75 Å². The van der Waals surface area contributed by atoms with Crippen LogP contribution in [0, 0.1) is 5.82 Å². The molecule has 0 aliphatic carbocycles. The Morgan fingerprint density at radius 1 is 1.30 bits per heavy atom. The van der Waals surface area contributed by atoms with Gasteiger partial charge in [0.1, 0.15) is 23.3 Å². The molecule has 2 unspecified atom stereocenters. The lowest BCUT2D eigenvalue weighted by atomic mass is 9.99. The van der Waals surface area contributed by atoms with Gasteiger partial charge < -0.3 is 24.4 Å². The summed E-state index contributed by atoms with van der Waals surface area (Å²) in [5.74, 6) is -0.686. The van der Waals surface area contributed by atoms with Crippen molar-refractivity contribution >= 4 is 23.3 Å². The van der Waals surface area contributed by atoms with Crippen LogP contribution in [0.1, 0.15) is 51.8 Å². The molecule has 0 radical (unpaired) electrons. The topological polar surface area (TPSA) is 102 Å². The number of aromatic nitrogens is 1. The van der Waals surface area contributed by atoms with E-state index in [1.807, 2.05) is 38.7 Å². The van der Waals surface area contributed by atoms with Gasteiger partial charge in [-0.3, -0.25) is 15.6 Å². The number of benzene rings is 1. The first-order valence-electron chi connectivity index (χ1n) is 13.2. The zero-order valence-electron chi connectivity index (χ0n) is 23.7. The van der Waals surface area contributed by atoms with Gasteiger partial charge in [0.25, 0.3) is 0 Å². The van der Waals surface area contributed by atoms with Gasteiger partial charge in [0.05, 0.1) is 7.11 Å². The van der Waals surface area contributed by atoms with Gasteiger partial charge in [-0.1, -0.05) is 11.6 Å². The molecule has 4 rings (SSSR count). The lowest BCUT2D eigenvalue weighted by Gasteiger charge is -2.50. The predicted molar refractivity (Wildman–Crippen MR) is 152 cm³/mol. The number of nitrogens with one attached hydrogen (secondary N) is 1. The fourth-order valence-electron chi connectivity index (χ4n) is 4.89. The summed E-state index contributed by atoms with van der Waals surface area (Å²) < 4.78 is 31.7. The number of hydrogen-bond acceptors (Lipinski definition) is 8. The zero-order chi connectivity index (χ0) is 29.2. The highest BCUT2D eigenvalue weighted by Gasteiger charge is 2.45. The third-order valence-electron chi connectivity index (χ3n) is 6.85. The first-order valence-corrected chi connectivity index (χ1v) is 13.5. The second kappa shape index (κ2) is 11.6. The molecule has 3 heterocycles. The smallest absolute Gasteiger partial charge is 0.410 e. The zero-order valence-corrected chi connectivity index (χ0v) is 24.5. The maximum Gasteiger partial charge on any atom is 0.410 e. The van der Waals surface area contributed by atoms with E-state index >= 15 is 0 Å². The molecule has 3 atom stereocenters. The van der Waals surface area contributed by atoms with Crippen LogP contribution >= 0.6 is 11.6 Å². The molecule has 11 heteroatoms. The van der Waals surface area contributed by atoms with Gasteiger partial charge in [0.2, 0.25) is 5.79 Å². The monoisotopic (exact) mass is 573 g/mol. The third-order valence-corrected chi connectivity index (χ3v) is 7.20. The number of pyridine rings is 1. The van der Waals surface area contributed by atoms with Crippen molar-refractivity contribution in [2.75, 3.05) is 26.7 Å². The van der Waals surface area contributed by atoms with E-state index in [-0.39, 0.29) is 12.1 Å². The van der Waals surface area contributed by atoms with Gasteiger partial charge in [-0.25, -0.2) is 9.18 Å². The molecule has 1 amide bonds. The highest BCUT2D eigenvalue weighted by Crippen LogP contribution is 2.37. The molecule has 1 fully saturated rings. The Hall–Kier alpha value is -3.34. The van der Waals surface area contributed by atoms with Crippen LogP contribution in [0.4, 0.5) is 9.18 Å². The fourth-order valence-corrected chi connectivity index (χ4v) is 5.16. The molecule has 2 aromatic rings. The number of rotatable bonds is 6. The molecule has 2 aliphatic rings. The summed E-state index contributed by atoms with van der Waals surface area (Å²) in [6.45, 7) is 10.5. The lowest BCUT2D eigenvalue weighted by molar-refractivity contribution is -0.0467.